The third kappa shape index (κ3) is 4.92. The van der Waals surface area contributed by atoms with Crippen molar-refractivity contribution < 1.29 is 17.0 Å². The van der Waals surface area contributed by atoms with E-state index >= 15 is 0 Å². The summed E-state index contributed by atoms with van der Waals surface area (Å²) in [5.74, 6) is 1.72. The van der Waals surface area contributed by atoms with E-state index in [1.54, 1.807) is 36.4 Å². The predicted octanol–water partition coefficient (Wildman–Crippen LogP) is 3.85. The molecule has 149 valence electrons. The Kier molecular flexibility index (Phi) is 6.96. The van der Waals surface area contributed by atoms with Crippen LogP contribution in [0.3, 0.4) is 0 Å². The standard InChI is InChI=1S/C20H14ClGeN4O4/c1-24-20-17(10-23)25-11-13-4-6-15(27-2)8-18(13)29-22(21)30-19-9-16(28-3)7-5-14(19)12-26-20/h4-9,11-12H,2-3H3/b20-17-,25-11?,26-12+. The third-order valence-electron chi connectivity index (χ3n) is 3.90. The molecule has 2 aromatic rings. The molecule has 0 fully saturated rings. The minimum absolute atomic E-state index is 0.139. The fourth-order valence-corrected chi connectivity index (χ4v) is 4.83. The first-order chi connectivity index (χ1) is 14.6. The molecule has 2 aromatic carbocycles. The van der Waals surface area contributed by atoms with Gasteiger partial charge in [-0.25, -0.2) is 0 Å². The first-order valence-corrected chi connectivity index (χ1v) is 12.9. The van der Waals surface area contributed by atoms with Crippen LogP contribution in [-0.2, 0) is 0 Å². The predicted molar refractivity (Wildman–Crippen MR) is 113 cm³/mol. The van der Waals surface area contributed by atoms with Crippen molar-refractivity contribution in [1.82, 2.24) is 0 Å². The van der Waals surface area contributed by atoms with Crippen LogP contribution in [0.1, 0.15) is 11.1 Å². The van der Waals surface area contributed by atoms with Crippen molar-refractivity contribution in [2.24, 2.45) is 9.98 Å². The zero-order valence-corrected chi connectivity index (χ0v) is 18.8. The number of halogens is 1. The second-order valence-corrected chi connectivity index (χ2v) is 9.12. The summed E-state index contributed by atoms with van der Waals surface area (Å²) in [6, 6.07) is 12.0. The zero-order valence-electron chi connectivity index (χ0n) is 15.9. The number of hydrogen-bond acceptors (Lipinski definition) is 7. The Labute approximate surface area is 182 Å². The summed E-state index contributed by atoms with van der Waals surface area (Å²) >= 11 is -3.06. The molecule has 0 unspecified atom stereocenters. The molecule has 3 rings (SSSR count). The van der Waals surface area contributed by atoms with Gasteiger partial charge in [-0.2, -0.15) is 0 Å². The molecule has 0 saturated heterocycles. The van der Waals surface area contributed by atoms with Crippen LogP contribution in [0.25, 0.3) is 4.85 Å². The van der Waals surface area contributed by atoms with Crippen LogP contribution in [0.5, 0.6) is 23.0 Å². The number of fused-ring (bicyclic) bond motifs is 2. The Morgan fingerprint density at radius 2 is 1.53 bits per heavy atom. The Morgan fingerprint density at radius 1 is 1.00 bits per heavy atom. The molecule has 0 N–H and O–H groups in total. The number of aliphatic imine (C=N–C) groups is 2. The van der Waals surface area contributed by atoms with Gasteiger partial charge in [-0.3, -0.25) is 0 Å². The van der Waals surface area contributed by atoms with E-state index in [1.807, 2.05) is 6.07 Å². The van der Waals surface area contributed by atoms with E-state index < -0.39 is 14.1 Å². The molecule has 8 nitrogen and oxygen atoms in total. The number of ether oxygens (including phenoxy) is 2. The molecular formula is C20H14ClGeN4O4. The number of benzene rings is 2. The number of methoxy groups -OCH3 is 2. The van der Waals surface area contributed by atoms with E-state index in [9.17, 15) is 5.26 Å². The van der Waals surface area contributed by atoms with Gasteiger partial charge < -0.3 is 0 Å². The van der Waals surface area contributed by atoms with Crippen molar-refractivity contribution in [2.75, 3.05) is 14.2 Å². The van der Waals surface area contributed by atoms with Crippen LogP contribution < -0.4 is 17.0 Å². The number of nitriles is 1. The first kappa shape index (κ1) is 21.2. The molecule has 0 saturated carbocycles. The van der Waals surface area contributed by atoms with Crippen molar-refractivity contribution in [3.63, 3.8) is 0 Å². The molecule has 1 radical (unpaired) electrons. The molecule has 1 heterocycles. The monoisotopic (exact) mass is 483 g/mol. The normalized spacial score (nSPS) is 17.2. The molecule has 0 atom stereocenters. The van der Waals surface area contributed by atoms with Crippen LogP contribution >= 0.6 is 10.0 Å². The Morgan fingerprint density at radius 3 is 2.00 bits per heavy atom. The summed E-state index contributed by atoms with van der Waals surface area (Å²) in [5.41, 5.74) is 0.939. The number of rotatable bonds is 2. The van der Waals surface area contributed by atoms with Crippen LogP contribution in [0.4, 0.5) is 0 Å². The molecule has 0 bridgehead atoms. The van der Waals surface area contributed by atoms with E-state index in [4.69, 9.17) is 33.6 Å². The van der Waals surface area contributed by atoms with Gasteiger partial charge in [0, 0.05) is 0 Å². The summed E-state index contributed by atoms with van der Waals surface area (Å²) in [6.45, 7) is 7.37. The van der Waals surface area contributed by atoms with Crippen LogP contribution in [0, 0.1) is 17.9 Å². The van der Waals surface area contributed by atoms with Gasteiger partial charge in [0.2, 0.25) is 0 Å². The van der Waals surface area contributed by atoms with Gasteiger partial charge in [0.15, 0.2) is 0 Å². The zero-order chi connectivity index (χ0) is 21.5. The molecule has 0 spiro atoms. The van der Waals surface area contributed by atoms with Crippen LogP contribution in [0.2, 0.25) is 0 Å². The van der Waals surface area contributed by atoms with Crippen LogP contribution in [0.15, 0.2) is 57.9 Å². The average Bonchev–Trinajstić information content (AvgIpc) is 2.77. The van der Waals surface area contributed by atoms with Gasteiger partial charge in [0.1, 0.15) is 0 Å². The first-order valence-electron chi connectivity index (χ1n) is 8.42. The molecule has 10 heteroatoms. The van der Waals surface area contributed by atoms with E-state index in [1.165, 1.54) is 26.6 Å². The molecule has 1 aliphatic heterocycles. The number of allylic oxidation sites excluding steroid dienone is 1. The molecule has 0 aromatic heterocycles. The Balaban J connectivity index is 2.18. The molecule has 0 amide bonds. The topological polar surface area (TPSA) is 89.8 Å². The quantitative estimate of drug-likeness (QED) is 0.479. The van der Waals surface area contributed by atoms with Gasteiger partial charge >= 0.3 is 183 Å². The number of hydrogen-bond donors (Lipinski definition) is 0. The van der Waals surface area contributed by atoms with Crippen molar-refractivity contribution in [2.45, 2.75) is 0 Å². The van der Waals surface area contributed by atoms with E-state index in [-0.39, 0.29) is 11.5 Å². The Hall–Kier alpha value is -3.47. The average molecular weight is 482 g/mol. The van der Waals surface area contributed by atoms with Gasteiger partial charge in [-0.05, 0) is 0 Å². The molecule has 1 aliphatic rings. The minimum atomic E-state index is -3.06. The molecule has 30 heavy (non-hydrogen) atoms. The summed E-state index contributed by atoms with van der Waals surface area (Å²) in [7, 11) is 9.51. The fourth-order valence-electron chi connectivity index (χ4n) is 2.41. The van der Waals surface area contributed by atoms with Gasteiger partial charge in [-0.1, -0.05) is 0 Å². The van der Waals surface area contributed by atoms with Crippen molar-refractivity contribution >= 4 is 36.5 Å². The second-order valence-electron chi connectivity index (χ2n) is 5.66. The van der Waals surface area contributed by atoms with Gasteiger partial charge in [0.05, 0.1) is 0 Å². The van der Waals surface area contributed by atoms with E-state index in [0.29, 0.717) is 34.1 Å². The molecular weight excluding hydrogens is 468 g/mol. The van der Waals surface area contributed by atoms with Crippen molar-refractivity contribution in [3.8, 4) is 29.1 Å². The van der Waals surface area contributed by atoms with Crippen molar-refractivity contribution in [1.29, 1.82) is 5.26 Å². The van der Waals surface area contributed by atoms with Crippen LogP contribution in [-0.4, -0.2) is 40.7 Å². The Bertz CT molecular complexity index is 1050. The summed E-state index contributed by atoms with van der Waals surface area (Å²) < 4.78 is 22.3. The maximum absolute atomic E-state index is 9.44. The van der Waals surface area contributed by atoms with Crippen molar-refractivity contribution in [3.05, 3.63) is 70.5 Å². The van der Waals surface area contributed by atoms with E-state index in [2.05, 4.69) is 14.8 Å². The summed E-state index contributed by atoms with van der Waals surface area (Å²) in [5, 5.41) is 9.44. The SMILES string of the molecule is [C-]#[N+]C1=C(\C#N)N=Cc2ccc(OC)cc2[O][Ge]([Cl])[O]c2cc(OC)ccc2\C=N\1. The van der Waals surface area contributed by atoms with E-state index in [0.717, 1.165) is 0 Å². The van der Waals surface area contributed by atoms with Gasteiger partial charge in [-0.15, -0.1) is 0 Å². The third-order valence-corrected chi connectivity index (χ3v) is 6.30. The summed E-state index contributed by atoms with van der Waals surface area (Å²) in [4.78, 5) is 11.6. The maximum atomic E-state index is 9.44. The van der Waals surface area contributed by atoms with Gasteiger partial charge in [0.25, 0.3) is 0 Å². The second kappa shape index (κ2) is 9.83. The summed E-state index contributed by atoms with van der Waals surface area (Å²) in [6.07, 6.45) is 2.82. The number of nitrogens with zero attached hydrogens (tertiary/aromatic N) is 4. The fraction of sp³-hybridized carbons (Fsp3) is 0.100. The molecule has 0 aliphatic carbocycles.